The molecule has 12 heavy (non-hydrogen) atoms. The summed E-state index contributed by atoms with van der Waals surface area (Å²) in [6.45, 7) is 5.56. The molecule has 0 aliphatic carbocycles. The summed E-state index contributed by atoms with van der Waals surface area (Å²) < 4.78 is 0. The minimum atomic E-state index is 0.777. The number of rotatable bonds is 0. The number of aryl methyl sites for hydroxylation is 1. The van der Waals surface area contributed by atoms with Gasteiger partial charge in [0.05, 0.1) is 0 Å². The van der Waals surface area contributed by atoms with Gasteiger partial charge in [-0.2, -0.15) is 0 Å². The van der Waals surface area contributed by atoms with Crippen LogP contribution >= 0.6 is 0 Å². The molecule has 0 aromatic heterocycles. The van der Waals surface area contributed by atoms with E-state index in [9.17, 15) is 0 Å². The van der Waals surface area contributed by atoms with Gasteiger partial charge in [-0.15, -0.1) is 0 Å². The van der Waals surface area contributed by atoms with Crippen LogP contribution in [0, 0.1) is 12.8 Å². The molecular weight excluding hydrogens is 146 g/mol. The number of anilines is 1. The Morgan fingerprint density at radius 2 is 2.25 bits per heavy atom. The van der Waals surface area contributed by atoms with E-state index in [1.165, 1.54) is 23.2 Å². The quantitative estimate of drug-likeness (QED) is 0.616. The maximum atomic E-state index is 3.44. The van der Waals surface area contributed by atoms with Crippen LogP contribution in [0.4, 0.5) is 5.69 Å². The summed E-state index contributed by atoms with van der Waals surface area (Å²) in [7, 11) is 0. The summed E-state index contributed by atoms with van der Waals surface area (Å²) in [5, 5.41) is 3.44. The number of fused-ring (bicyclic) bond motifs is 1. The van der Waals surface area contributed by atoms with Crippen molar-refractivity contribution in [3.8, 4) is 0 Å². The Labute approximate surface area is 73.8 Å². The van der Waals surface area contributed by atoms with Crippen LogP contribution in [0.15, 0.2) is 18.2 Å². The van der Waals surface area contributed by atoms with E-state index in [2.05, 4.69) is 37.4 Å². The number of nitrogens with one attached hydrogen (secondary N) is 1. The maximum Gasteiger partial charge on any atom is 0.0373 e. The Morgan fingerprint density at radius 1 is 1.42 bits per heavy atom. The van der Waals surface area contributed by atoms with Gasteiger partial charge in [-0.3, -0.25) is 0 Å². The van der Waals surface area contributed by atoms with Gasteiger partial charge in [0.25, 0.3) is 0 Å². The van der Waals surface area contributed by atoms with E-state index in [0.29, 0.717) is 0 Å². The average Bonchev–Trinajstić information content (AvgIpc) is 2.03. The molecule has 1 heteroatoms. The van der Waals surface area contributed by atoms with Crippen molar-refractivity contribution in [3.05, 3.63) is 29.3 Å². The molecule has 64 valence electrons. The average molecular weight is 161 g/mol. The van der Waals surface area contributed by atoms with Crippen molar-refractivity contribution in [2.45, 2.75) is 20.3 Å². The van der Waals surface area contributed by atoms with Crippen LogP contribution in [-0.2, 0) is 6.42 Å². The molecule has 0 fully saturated rings. The van der Waals surface area contributed by atoms with Crippen LogP contribution < -0.4 is 5.32 Å². The topological polar surface area (TPSA) is 12.0 Å². The molecule has 1 nitrogen and oxygen atoms in total. The van der Waals surface area contributed by atoms with Crippen LogP contribution in [-0.4, -0.2) is 6.54 Å². The first-order chi connectivity index (χ1) is 5.75. The highest BCUT2D eigenvalue weighted by Crippen LogP contribution is 2.24. The Morgan fingerprint density at radius 3 is 3.08 bits per heavy atom. The molecule has 1 heterocycles. The summed E-state index contributed by atoms with van der Waals surface area (Å²) in [5.41, 5.74) is 4.18. The fraction of sp³-hybridized carbons (Fsp3) is 0.455. The highest BCUT2D eigenvalue weighted by Gasteiger charge is 2.13. The first kappa shape index (κ1) is 7.66. The lowest BCUT2D eigenvalue weighted by Crippen LogP contribution is -2.20. The predicted octanol–water partition coefficient (Wildman–Crippen LogP) is 2.60. The van der Waals surface area contributed by atoms with E-state index in [1.54, 1.807) is 0 Å². The molecule has 0 saturated carbocycles. The van der Waals surface area contributed by atoms with E-state index in [1.807, 2.05) is 0 Å². The van der Waals surface area contributed by atoms with E-state index < -0.39 is 0 Å². The molecule has 1 aliphatic rings. The second kappa shape index (κ2) is 2.81. The van der Waals surface area contributed by atoms with Crippen LogP contribution in [0.2, 0.25) is 0 Å². The normalized spacial score (nSPS) is 21.3. The molecule has 0 radical (unpaired) electrons. The smallest absolute Gasteiger partial charge is 0.0373 e. The second-order valence-electron chi connectivity index (χ2n) is 3.85. The Hall–Kier alpha value is -0.980. The molecule has 1 aromatic carbocycles. The van der Waals surface area contributed by atoms with Gasteiger partial charge in [-0.1, -0.05) is 24.6 Å². The Bertz CT molecular complexity index is 291. The third kappa shape index (κ3) is 1.31. The third-order valence-electron chi connectivity index (χ3n) is 2.47. The molecule has 2 rings (SSSR count). The van der Waals surface area contributed by atoms with E-state index in [4.69, 9.17) is 0 Å². The molecule has 1 aliphatic heterocycles. The first-order valence-electron chi connectivity index (χ1n) is 4.59. The van der Waals surface area contributed by atoms with Crippen LogP contribution in [0.1, 0.15) is 18.1 Å². The van der Waals surface area contributed by atoms with Gasteiger partial charge >= 0.3 is 0 Å². The Balaban J connectivity index is 2.37. The van der Waals surface area contributed by atoms with Gasteiger partial charge in [0.2, 0.25) is 0 Å². The van der Waals surface area contributed by atoms with E-state index >= 15 is 0 Å². The first-order valence-corrected chi connectivity index (χ1v) is 4.59. The highest BCUT2D eigenvalue weighted by atomic mass is 14.9. The number of hydrogen-bond acceptors (Lipinski definition) is 1. The summed E-state index contributed by atoms with van der Waals surface area (Å²) >= 11 is 0. The predicted molar refractivity (Wildman–Crippen MR) is 52.5 cm³/mol. The summed E-state index contributed by atoms with van der Waals surface area (Å²) in [4.78, 5) is 0. The standard InChI is InChI=1S/C11H15N/c1-8-3-4-11-10(5-8)6-9(2)7-12-11/h3-5,9,12H,6-7H2,1-2H3. The van der Waals surface area contributed by atoms with E-state index in [0.717, 1.165) is 12.5 Å². The fourth-order valence-electron chi connectivity index (χ4n) is 1.80. The zero-order valence-corrected chi connectivity index (χ0v) is 7.72. The molecule has 0 spiro atoms. The minimum absolute atomic E-state index is 0.777. The molecule has 1 atom stereocenters. The third-order valence-corrected chi connectivity index (χ3v) is 2.47. The van der Waals surface area contributed by atoms with Crippen molar-refractivity contribution >= 4 is 5.69 Å². The van der Waals surface area contributed by atoms with E-state index in [-0.39, 0.29) is 0 Å². The van der Waals surface area contributed by atoms with Gasteiger partial charge in [0.1, 0.15) is 0 Å². The van der Waals surface area contributed by atoms with Crippen molar-refractivity contribution in [1.82, 2.24) is 0 Å². The zero-order chi connectivity index (χ0) is 8.55. The Kier molecular flexibility index (Phi) is 1.80. The molecule has 0 saturated heterocycles. The van der Waals surface area contributed by atoms with Crippen LogP contribution in [0.3, 0.4) is 0 Å². The molecule has 1 unspecified atom stereocenters. The van der Waals surface area contributed by atoms with Gasteiger partial charge in [-0.25, -0.2) is 0 Å². The lowest BCUT2D eigenvalue weighted by Gasteiger charge is -2.23. The van der Waals surface area contributed by atoms with Gasteiger partial charge in [0, 0.05) is 12.2 Å². The largest absolute Gasteiger partial charge is 0.385 e. The molecular formula is C11H15N. The lowest BCUT2D eigenvalue weighted by molar-refractivity contribution is 0.594. The second-order valence-corrected chi connectivity index (χ2v) is 3.85. The van der Waals surface area contributed by atoms with Crippen molar-refractivity contribution < 1.29 is 0 Å². The van der Waals surface area contributed by atoms with Crippen LogP contribution in [0.5, 0.6) is 0 Å². The van der Waals surface area contributed by atoms with Crippen molar-refractivity contribution in [2.75, 3.05) is 11.9 Å². The van der Waals surface area contributed by atoms with Gasteiger partial charge in [-0.05, 0) is 30.9 Å². The van der Waals surface area contributed by atoms with Gasteiger partial charge < -0.3 is 5.32 Å². The van der Waals surface area contributed by atoms with Crippen molar-refractivity contribution in [1.29, 1.82) is 0 Å². The molecule has 1 N–H and O–H groups in total. The SMILES string of the molecule is Cc1ccc2c(c1)CC(C)CN2. The lowest BCUT2D eigenvalue weighted by atomic mass is 9.94. The summed E-state index contributed by atoms with van der Waals surface area (Å²) in [5.74, 6) is 0.777. The monoisotopic (exact) mass is 161 g/mol. The molecule has 0 amide bonds. The number of hydrogen-bond donors (Lipinski definition) is 1. The fourth-order valence-corrected chi connectivity index (χ4v) is 1.80. The molecule has 0 bridgehead atoms. The number of benzene rings is 1. The summed E-state index contributed by atoms with van der Waals surface area (Å²) in [6.07, 6.45) is 1.23. The van der Waals surface area contributed by atoms with Crippen molar-refractivity contribution in [3.63, 3.8) is 0 Å². The van der Waals surface area contributed by atoms with Crippen molar-refractivity contribution in [2.24, 2.45) is 5.92 Å². The van der Waals surface area contributed by atoms with Crippen LogP contribution in [0.25, 0.3) is 0 Å². The highest BCUT2D eigenvalue weighted by molar-refractivity contribution is 5.54. The van der Waals surface area contributed by atoms with Gasteiger partial charge in [0.15, 0.2) is 0 Å². The summed E-state index contributed by atoms with van der Waals surface area (Å²) in [6, 6.07) is 6.65. The zero-order valence-electron chi connectivity index (χ0n) is 7.72. The minimum Gasteiger partial charge on any atom is -0.385 e. The maximum absolute atomic E-state index is 3.44. The molecule has 1 aromatic rings.